The lowest BCUT2D eigenvalue weighted by atomic mass is 10.2. The SMILES string of the molecule is CC(C)NCc1sc2ccccc2c1S(=O)(=O)NN(C)C. The van der Waals surface area contributed by atoms with Crippen molar-refractivity contribution >= 4 is 31.4 Å². The highest BCUT2D eigenvalue weighted by Gasteiger charge is 2.24. The topological polar surface area (TPSA) is 61.4 Å². The fraction of sp³-hybridized carbons (Fsp3) is 0.429. The van der Waals surface area contributed by atoms with Crippen molar-refractivity contribution in [3.63, 3.8) is 0 Å². The molecular formula is C14H21N3O2S2. The van der Waals surface area contributed by atoms with E-state index in [1.165, 1.54) is 16.3 Å². The van der Waals surface area contributed by atoms with Gasteiger partial charge in [0.15, 0.2) is 0 Å². The summed E-state index contributed by atoms with van der Waals surface area (Å²) in [5, 5.41) is 5.51. The van der Waals surface area contributed by atoms with Crippen LogP contribution in [-0.4, -0.2) is 33.6 Å². The Bertz CT molecular complexity index is 721. The first-order chi connectivity index (χ1) is 9.81. The fourth-order valence-electron chi connectivity index (χ4n) is 2.07. The monoisotopic (exact) mass is 327 g/mol. The molecular weight excluding hydrogens is 306 g/mol. The van der Waals surface area contributed by atoms with Gasteiger partial charge >= 0.3 is 0 Å². The summed E-state index contributed by atoms with van der Waals surface area (Å²) in [6, 6.07) is 7.90. The van der Waals surface area contributed by atoms with Crippen molar-refractivity contribution in [2.24, 2.45) is 0 Å². The number of hydrazine groups is 1. The van der Waals surface area contributed by atoms with Gasteiger partial charge in [0, 0.05) is 41.6 Å². The van der Waals surface area contributed by atoms with Gasteiger partial charge < -0.3 is 5.32 Å². The van der Waals surface area contributed by atoms with E-state index in [4.69, 9.17) is 0 Å². The van der Waals surface area contributed by atoms with E-state index in [9.17, 15) is 8.42 Å². The average molecular weight is 327 g/mol. The molecule has 0 saturated heterocycles. The fourth-order valence-corrected chi connectivity index (χ4v) is 5.05. The summed E-state index contributed by atoms with van der Waals surface area (Å²) in [5.41, 5.74) is 0. The molecule has 0 bridgehead atoms. The Hall–Kier alpha value is -0.990. The Kier molecular flexibility index (Phi) is 5.00. The van der Waals surface area contributed by atoms with Gasteiger partial charge in [0.1, 0.15) is 4.90 Å². The Balaban J connectivity index is 2.55. The maximum atomic E-state index is 12.6. The van der Waals surface area contributed by atoms with Crippen LogP contribution in [0.5, 0.6) is 0 Å². The van der Waals surface area contributed by atoms with Gasteiger partial charge in [0.25, 0.3) is 10.0 Å². The van der Waals surface area contributed by atoms with Gasteiger partial charge in [-0.15, -0.1) is 16.2 Å². The number of nitrogens with zero attached hydrogens (tertiary/aromatic N) is 1. The predicted octanol–water partition coefficient (Wildman–Crippen LogP) is 2.15. The van der Waals surface area contributed by atoms with Crippen molar-refractivity contribution < 1.29 is 8.42 Å². The minimum absolute atomic E-state index is 0.299. The maximum absolute atomic E-state index is 12.6. The van der Waals surface area contributed by atoms with E-state index in [0.717, 1.165) is 15.0 Å². The normalized spacial score (nSPS) is 12.7. The Morgan fingerprint density at radius 1 is 1.24 bits per heavy atom. The molecule has 0 unspecified atom stereocenters. The number of sulfonamides is 1. The summed E-state index contributed by atoms with van der Waals surface area (Å²) in [6.45, 7) is 4.62. The van der Waals surface area contributed by atoms with Crippen LogP contribution >= 0.6 is 11.3 Å². The van der Waals surface area contributed by atoms with Crippen molar-refractivity contribution in [1.82, 2.24) is 15.2 Å². The standard InChI is InChI=1S/C14H21N3O2S2/c1-10(2)15-9-13-14(21(18,19)16-17(3)4)11-7-5-6-8-12(11)20-13/h5-8,10,15-16H,9H2,1-4H3. The van der Waals surface area contributed by atoms with Crippen molar-refractivity contribution in [2.75, 3.05) is 14.1 Å². The molecule has 0 spiro atoms. The van der Waals surface area contributed by atoms with Gasteiger partial charge in [0.05, 0.1) is 0 Å². The first-order valence-corrected chi connectivity index (χ1v) is 9.05. The molecule has 116 valence electrons. The predicted molar refractivity (Wildman–Crippen MR) is 87.8 cm³/mol. The van der Waals surface area contributed by atoms with E-state index in [-0.39, 0.29) is 0 Å². The third kappa shape index (κ3) is 3.81. The molecule has 2 aromatic rings. The molecule has 0 amide bonds. The van der Waals surface area contributed by atoms with Gasteiger partial charge in [-0.1, -0.05) is 32.0 Å². The molecule has 0 aliphatic heterocycles. The van der Waals surface area contributed by atoms with Crippen LogP contribution in [0.15, 0.2) is 29.2 Å². The van der Waals surface area contributed by atoms with Gasteiger partial charge in [-0.3, -0.25) is 0 Å². The summed E-state index contributed by atoms with van der Waals surface area (Å²) < 4.78 is 26.2. The number of fused-ring (bicyclic) bond motifs is 1. The minimum Gasteiger partial charge on any atom is -0.310 e. The first kappa shape index (κ1) is 16.4. The third-order valence-corrected chi connectivity index (χ3v) is 5.77. The lowest BCUT2D eigenvalue weighted by molar-refractivity contribution is 0.364. The Labute approximate surface area is 130 Å². The zero-order valence-electron chi connectivity index (χ0n) is 12.7. The van der Waals surface area contributed by atoms with Crippen LogP contribution in [0.1, 0.15) is 18.7 Å². The highest BCUT2D eigenvalue weighted by Crippen LogP contribution is 2.34. The summed E-state index contributed by atoms with van der Waals surface area (Å²) in [5.74, 6) is 0. The zero-order valence-corrected chi connectivity index (χ0v) is 14.3. The van der Waals surface area contributed by atoms with Crippen LogP contribution in [0.4, 0.5) is 0 Å². The van der Waals surface area contributed by atoms with Crippen LogP contribution in [0, 0.1) is 0 Å². The summed E-state index contributed by atoms with van der Waals surface area (Å²) >= 11 is 1.52. The maximum Gasteiger partial charge on any atom is 0.255 e. The molecule has 0 atom stereocenters. The first-order valence-electron chi connectivity index (χ1n) is 6.75. The van der Waals surface area contributed by atoms with Crippen LogP contribution in [0.25, 0.3) is 10.1 Å². The van der Waals surface area contributed by atoms with E-state index < -0.39 is 10.0 Å². The Morgan fingerprint density at radius 2 is 1.90 bits per heavy atom. The van der Waals surface area contributed by atoms with Crippen LogP contribution in [0.3, 0.4) is 0 Å². The van der Waals surface area contributed by atoms with E-state index in [1.807, 2.05) is 38.1 Å². The lowest BCUT2D eigenvalue weighted by Gasteiger charge is -2.14. The molecule has 0 saturated carbocycles. The molecule has 0 fully saturated rings. The molecule has 21 heavy (non-hydrogen) atoms. The summed E-state index contributed by atoms with van der Waals surface area (Å²) in [4.78, 5) is 3.74. The van der Waals surface area contributed by atoms with Crippen LogP contribution < -0.4 is 10.1 Å². The lowest BCUT2D eigenvalue weighted by Crippen LogP contribution is -2.36. The average Bonchev–Trinajstić information content (AvgIpc) is 2.73. The van der Waals surface area contributed by atoms with Gasteiger partial charge in [-0.2, -0.15) is 0 Å². The molecule has 1 aromatic heterocycles. The van der Waals surface area contributed by atoms with E-state index >= 15 is 0 Å². The summed E-state index contributed by atoms with van der Waals surface area (Å²) in [7, 11) is -0.245. The number of hydrogen-bond donors (Lipinski definition) is 2. The van der Waals surface area contributed by atoms with Crippen molar-refractivity contribution in [1.29, 1.82) is 0 Å². The van der Waals surface area contributed by atoms with E-state index in [2.05, 4.69) is 10.1 Å². The molecule has 1 aromatic carbocycles. The van der Waals surface area contributed by atoms with Crippen LogP contribution in [-0.2, 0) is 16.6 Å². The second kappa shape index (κ2) is 6.41. The highest BCUT2D eigenvalue weighted by molar-refractivity contribution is 7.90. The van der Waals surface area contributed by atoms with Gasteiger partial charge in [-0.05, 0) is 6.07 Å². The molecule has 2 N–H and O–H groups in total. The number of hydrogen-bond acceptors (Lipinski definition) is 5. The minimum atomic E-state index is -3.58. The summed E-state index contributed by atoms with van der Waals surface area (Å²) in [6.07, 6.45) is 0. The molecule has 5 nitrogen and oxygen atoms in total. The van der Waals surface area contributed by atoms with E-state index in [0.29, 0.717) is 17.5 Å². The van der Waals surface area contributed by atoms with Crippen molar-refractivity contribution in [3.8, 4) is 0 Å². The molecule has 1 heterocycles. The molecule has 7 heteroatoms. The Morgan fingerprint density at radius 3 is 2.52 bits per heavy atom. The zero-order chi connectivity index (χ0) is 15.6. The van der Waals surface area contributed by atoms with Crippen LogP contribution in [0.2, 0.25) is 0 Å². The molecule has 2 rings (SSSR count). The molecule has 0 aliphatic rings. The number of nitrogens with one attached hydrogen (secondary N) is 2. The third-order valence-electron chi connectivity index (χ3n) is 2.86. The number of rotatable bonds is 6. The highest BCUT2D eigenvalue weighted by atomic mass is 32.2. The second-order valence-electron chi connectivity index (χ2n) is 5.38. The molecule has 0 aliphatic carbocycles. The number of benzene rings is 1. The van der Waals surface area contributed by atoms with Gasteiger partial charge in [-0.25, -0.2) is 13.4 Å². The molecule has 0 radical (unpaired) electrons. The largest absolute Gasteiger partial charge is 0.310 e. The smallest absolute Gasteiger partial charge is 0.255 e. The van der Waals surface area contributed by atoms with Gasteiger partial charge in [0.2, 0.25) is 0 Å². The van der Waals surface area contributed by atoms with Crippen molar-refractivity contribution in [2.45, 2.75) is 31.3 Å². The second-order valence-corrected chi connectivity index (χ2v) is 8.11. The number of thiophene rings is 1. The van der Waals surface area contributed by atoms with Crippen molar-refractivity contribution in [3.05, 3.63) is 29.1 Å². The quantitative estimate of drug-likeness (QED) is 0.798. The van der Waals surface area contributed by atoms with E-state index in [1.54, 1.807) is 14.1 Å².